The lowest BCUT2D eigenvalue weighted by molar-refractivity contribution is 0.0950. The Morgan fingerprint density at radius 1 is 1.28 bits per heavy atom. The number of benzene rings is 1. The fraction of sp³-hybridized carbons (Fsp3) is 0.533. The summed E-state index contributed by atoms with van der Waals surface area (Å²) >= 11 is 0. The highest BCUT2D eigenvalue weighted by Gasteiger charge is 2.12. The van der Waals surface area contributed by atoms with Crippen LogP contribution in [0, 0.1) is 0 Å². The van der Waals surface area contributed by atoms with E-state index in [0.29, 0.717) is 12.6 Å². The molecule has 0 aromatic heterocycles. The Labute approximate surface area is 109 Å². The van der Waals surface area contributed by atoms with Gasteiger partial charge in [0.1, 0.15) is 0 Å². The summed E-state index contributed by atoms with van der Waals surface area (Å²) in [5.74, 6) is 0.0328. The van der Waals surface area contributed by atoms with Crippen LogP contribution in [0.3, 0.4) is 0 Å². The normalized spacial score (nSPS) is 15.9. The van der Waals surface area contributed by atoms with Crippen LogP contribution >= 0.6 is 0 Å². The lowest BCUT2D eigenvalue weighted by Gasteiger charge is -2.17. The summed E-state index contributed by atoms with van der Waals surface area (Å²) in [6.45, 7) is 2.71. The summed E-state index contributed by atoms with van der Waals surface area (Å²) in [7, 11) is 1.90. The molecular weight excluding hydrogens is 224 g/mol. The summed E-state index contributed by atoms with van der Waals surface area (Å²) < 4.78 is 0. The highest BCUT2D eigenvalue weighted by Crippen LogP contribution is 2.22. The van der Waals surface area contributed by atoms with Crippen molar-refractivity contribution in [3.8, 4) is 0 Å². The quantitative estimate of drug-likeness (QED) is 0.852. The minimum Gasteiger partial charge on any atom is -0.350 e. The first-order valence-electron chi connectivity index (χ1n) is 6.78. The molecule has 3 heteroatoms. The molecule has 98 valence electrons. The summed E-state index contributed by atoms with van der Waals surface area (Å²) in [6.07, 6.45) is 4.80. The molecule has 0 fully saturated rings. The van der Waals surface area contributed by atoms with Crippen LogP contribution in [0.5, 0.6) is 0 Å². The average Bonchev–Trinajstić information content (AvgIpc) is 2.43. The van der Waals surface area contributed by atoms with E-state index >= 15 is 0 Å². The molecule has 0 saturated heterocycles. The molecule has 2 rings (SSSR count). The Morgan fingerprint density at radius 3 is 2.72 bits per heavy atom. The fourth-order valence-corrected chi connectivity index (χ4v) is 2.32. The Balaban J connectivity index is 2.02. The van der Waals surface area contributed by atoms with Gasteiger partial charge in [0.25, 0.3) is 5.91 Å². The molecule has 1 unspecified atom stereocenters. The maximum absolute atomic E-state index is 12.0. The fourth-order valence-electron chi connectivity index (χ4n) is 2.32. The van der Waals surface area contributed by atoms with Crippen LogP contribution in [-0.4, -0.2) is 25.5 Å². The van der Waals surface area contributed by atoms with Gasteiger partial charge in [0.15, 0.2) is 0 Å². The topological polar surface area (TPSA) is 41.1 Å². The van der Waals surface area contributed by atoms with E-state index in [1.165, 1.54) is 24.0 Å². The van der Waals surface area contributed by atoms with Crippen molar-refractivity contribution < 1.29 is 4.79 Å². The van der Waals surface area contributed by atoms with Crippen LogP contribution in [0.2, 0.25) is 0 Å². The van der Waals surface area contributed by atoms with E-state index in [-0.39, 0.29) is 5.91 Å². The van der Waals surface area contributed by atoms with Crippen molar-refractivity contribution in [3.63, 3.8) is 0 Å². The van der Waals surface area contributed by atoms with Crippen molar-refractivity contribution in [2.45, 2.75) is 38.6 Å². The van der Waals surface area contributed by atoms with Gasteiger partial charge in [-0.05, 0) is 62.9 Å². The first-order chi connectivity index (χ1) is 8.70. The molecule has 1 amide bonds. The van der Waals surface area contributed by atoms with Gasteiger partial charge in [-0.3, -0.25) is 4.79 Å². The largest absolute Gasteiger partial charge is 0.350 e. The number of aryl methyl sites for hydroxylation is 2. The zero-order chi connectivity index (χ0) is 13.0. The Hall–Kier alpha value is -1.35. The SMILES string of the molecule is CNC(C)CNC(=O)c1ccc2c(c1)CCCC2. The minimum absolute atomic E-state index is 0.0328. The van der Waals surface area contributed by atoms with Crippen molar-refractivity contribution in [1.29, 1.82) is 0 Å². The van der Waals surface area contributed by atoms with Gasteiger partial charge in [0.2, 0.25) is 0 Å². The number of rotatable bonds is 4. The van der Waals surface area contributed by atoms with Crippen LogP contribution in [-0.2, 0) is 12.8 Å². The molecule has 1 aliphatic rings. The molecule has 0 bridgehead atoms. The molecule has 2 N–H and O–H groups in total. The molecule has 0 aliphatic heterocycles. The summed E-state index contributed by atoms with van der Waals surface area (Å²) in [5.41, 5.74) is 3.57. The molecule has 1 aromatic rings. The van der Waals surface area contributed by atoms with E-state index < -0.39 is 0 Å². The van der Waals surface area contributed by atoms with Crippen LogP contribution in [0.15, 0.2) is 18.2 Å². The third-order valence-electron chi connectivity index (χ3n) is 3.67. The maximum atomic E-state index is 12.0. The summed E-state index contributed by atoms with van der Waals surface area (Å²) in [5, 5.41) is 6.06. The predicted molar refractivity (Wildman–Crippen MR) is 73.9 cm³/mol. The molecule has 0 spiro atoms. The van der Waals surface area contributed by atoms with Gasteiger partial charge >= 0.3 is 0 Å². The Bertz CT molecular complexity index is 429. The van der Waals surface area contributed by atoms with Crippen molar-refractivity contribution in [2.24, 2.45) is 0 Å². The number of hydrogen-bond donors (Lipinski definition) is 2. The standard InChI is InChI=1S/C15H22N2O/c1-11(16-2)10-17-15(18)14-8-7-12-5-3-4-6-13(12)9-14/h7-9,11,16H,3-6,10H2,1-2H3,(H,17,18). The zero-order valence-electron chi connectivity index (χ0n) is 11.3. The summed E-state index contributed by atoms with van der Waals surface area (Å²) in [4.78, 5) is 12.0. The molecule has 0 saturated carbocycles. The van der Waals surface area contributed by atoms with Gasteiger partial charge < -0.3 is 10.6 Å². The first kappa shape index (κ1) is 13.1. The monoisotopic (exact) mass is 246 g/mol. The van der Waals surface area contributed by atoms with Gasteiger partial charge in [-0.25, -0.2) is 0 Å². The van der Waals surface area contributed by atoms with Crippen LogP contribution in [0.4, 0.5) is 0 Å². The van der Waals surface area contributed by atoms with E-state index in [1.54, 1.807) is 0 Å². The number of fused-ring (bicyclic) bond motifs is 1. The van der Waals surface area contributed by atoms with E-state index in [4.69, 9.17) is 0 Å². The number of amides is 1. The van der Waals surface area contributed by atoms with Gasteiger partial charge in [0, 0.05) is 18.2 Å². The van der Waals surface area contributed by atoms with E-state index in [9.17, 15) is 4.79 Å². The molecule has 1 aromatic carbocycles. The minimum atomic E-state index is 0.0328. The molecule has 1 aliphatic carbocycles. The predicted octanol–water partition coefficient (Wildman–Crippen LogP) is 1.90. The van der Waals surface area contributed by atoms with E-state index in [0.717, 1.165) is 18.4 Å². The lowest BCUT2D eigenvalue weighted by Crippen LogP contribution is -2.37. The maximum Gasteiger partial charge on any atom is 0.251 e. The number of carbonyl (C=O) groups is 1. The molecule has 0 radical (unpaired) electrons. The first-order valence-corrected chi connectivity index (χ1v) is 6.78. The van der Waals surface area contributed by atoms with Crippen molar-refractivity contribution in [1.82, 2.24) is 10.6 Å². The number of nitrogens with one attached hydrogen (secondary N) is 2. The van der Waals surface area contributed by atoms with Gasteiger partial charge in [-0.2, -0.15) is 0 Å². The lowest BCUT2D eigenvalue weighted by atomic mass is 9.90. The third kappa shape index (κ3) is 3.10. The van der Waals surface area contributed by atoms with E-state index in [1.807, 2.05) is 20.0 Å². The van der Waals surface area contributed by atoms with Crippen LogP contribution < -0.4 is 10.6 Å². The van der Waals surface area contributed by atoms with E-state index in [2.05, 4.69) is 22.8 Å². The number of likely N-dealkylation sites (N-methyl/N-ethyl adjacent to an activating group) is 1. The van der Waals surface area contributed by atoms with Gasteiger partial charge in [-0.1, -0.05) is 6.07 Å². The highest BCUT2D eigenvalue weighted by molar-refractivity contribution is 5.94. The Morgan fingerprint density at radius 2 is 2.00 bits per heavy atom. The van der Waals surface area contributed by atoms with Crippen molar-refractivity contribution in [2.75, 3.05) is 13.6 Å². The van der Waals surface area contributed by atoms with Crippen LogP contribution in [0.25, 0.3) is 0 Å². The number of hydrogen-bond acceptors (Lipinski definition) is 2. The molecule has 18 heavy (non-hydrogen) atoms. The zero-order valence-corrected chi connectivity index (χ0v) is 11.3. The highest BCUT2D eigenvalue weighted by atomic mass is 16.1. The second-order valence-corrected chi connectivity index (χ2v) is 5.09. The Kier molecular flexibility index (Phi) is 4.37. The smallest absolute Gasteiger partial charge is 0.251 e. The second-order valence-electron chi connectivity index (χ2n) is 5.09. The summed E-state index contributed by atoms with van der Waals surface area (Å²) in [6, 6.07) is 6.43. The van der Waals surface area contributed by atoms with Crippen LogP contribution in [0.1, 0.15) is 41.3 Å². The van der Waals surface area contributed by atoms with Crippen molar-refractivity contribution in [3.05, 3.63) is 34.9 Å². The van der Waals surface area contributed by atoms with Crippen molar-refractivity contribution >= 4 is 5.91 Å². The van der Waals surface area contributed by atoms with Gasteiger partial charge in [-0.15, -0.1) is 0 Å². The average molecular weight is 246 g/mol. The number of carbonyl (C=O) groups excluding carboxylic acids is 1. The second kappa shape index (κ2) is 6.01. The molecular formula is C15H22N2O. The van der Waals surface area contributed by atoms with Gasteiger partial charge in [0.05, 0.1) is 0 Å². The molecule has 1 atom stereocenters. The molecule has 3 nitrogen and oxygen atoms in total. The third-order valence-corrected chi connectivity index (χ3v) is 3.67. The molecule has 0 heterocycles.